The fourth-order valence-electron chi connectivity index (χ4n) is 23.5. The molecule has 690 valence electrons. The Morgan fingerprint density at radius 2 is 0.299 bits per heavy atom. The van der Waals surface area contributed by atoms with Gasteiger partial charge in [0.25, 0.3) is 0 Å². The van der Waals surface area contributed by atoms with Crippen LogP contribution in [0.25, 0.3) is 89.0 Å². The lowest BCUT2D eigenvalue weighted by Gasteiger charge is -2.31. The van der Waals surface area contributed by atoms with Gasteiger partial charge in [0.2, 0.25) is 0 Å². The maximum Gasteiger partial charge on any atom is 0.0465 e. The van der Waals surface area contributed by atoms with Gasteiger partial charge >= 0.3 is 0 Å². The molecule has 2 fully saturated rings. The summed E-state index contributed by atoms with van der Waals surface area (Å²) in [5.41, 5.74) is 47.7. The number of hydrogen-bond donors (Lipinski definition) is 0. The highest BCUT2D eigenvalue weighted by Crippen LogP contribution is 2.61. The Labute approximate surface area is 845 Å². The zero-order valence-corrected chi connectivity index (χ0v) is 81.0. The number of anilines is 18. The van der Waals surface area contributed by atoms with Gasteiger partial charge in [-0.15, -0.1) is 0 Å². The van der Waals surface area contributed by atoms with Crippen LogP contribution in [0.5, 0.6) is 0 Å². The van der Waals surface area contributed by atoms with Crippen molar-refractivity contribution in [3.8, 4) is 89.0 Å². The summed E-state index contributed by atoms with van der Waals surface area (Å²) in [7, 11) is 0. The molecule has 0 aromatic heterocycles. The highest BCUT2D eigenvalue weighted by Gasteiger charge is 2.47. The standard InChI is InChI=1S/C138H108N6/c1-97-36-61-115(62-37-97)141(117-65-48-103(49-66-117)99-24-8-3-9-25-99)118-67-50-104(51-68-118)100-40-42-101(43-41-100)105-52-69-119(70-53-105)142(116-63-38-98(2)39-64-116)120-71-54-106(55-72-120)102-44-46-109(47-45-102)110-60-87-130-132-89-86-128(96-136(132)138(134(130)94-110)92-22-23-93-138)144(126-83-79-124(80-84-126)140(113-30-14-6-15-31-113)114-32-16-7-17-33-114)122-75-58-108(59-76-122)107-56-73-121(74-57-107)143(127-85-88-131-129-34-18-19-35-133(129)137(135(131)95-127)90-20-21-91-137)125-81-77-123(78-82-125)139(111-26-10-4-11-27-111)112-28-12-5-13-29-112/h3-19,24-89,94-96H,20-23,90-93H2,1-2H3. The van der Waals surface area contributed by atoms with Crippen LogP contribution in [0.15, 0.2) is 522 Å². The van der Waals surface area contributed by atoms with Crippen LogP contribution in [-0.2, 0) is 10.8 Å². The van der Waals surface area contributed by atoms with Crippen molar-refractivity contribution in [2.75, 3.05) is 29.4 Å². The summed E-state index contributed by atoms with van der Waals surface area (Å²) < 4.78 is 0. The SMILES string of the molecule is Cc1ccc(N(c2ccc(-c3ccccc3)cc2)c2ccc(-c3ccc(-c4ccc(N(c5ccc(C)cc5)c5ccc(-c6ccc(-c7ccc8c(c7)C7(CCCC7)c7cc(N(c9ccc(-c%10ccc(N(c%11ccc(N(c%12ccccc%12)c%12ccccc%12)cc%11)c%11ccc%12c(c%11)C%11(CCCC%11)c%11ccccc%11-%12)cc%10)cc9)c9ccc(N(c%10ccccc%10)c%10ccccc%10)cc9)ccc7-8)cc6)cc5)cc4)cc3)cc2)cc1. The molecule has 0 amide bonds. The summed E-state index contributed by atoms with van der Waals surface area (Å²) in [4.78, 5) is 14.3. The minimum atomic E-state index is -0.131. The van der Waals surface area contributed by atoms with Gasteiger partial charge < -0.3 is 29.4 Å². The van der Waals surface area contributed by atoms with Crippen LogP contribution in [-0.4, -0.2) is 0 Å². The van der Waals surface area contributed by atoms with E-state index in [0.29, 0.717) is 0 Å². The first-order chi connectivity index (χ1) is 71.1. The number of benzene rings is 21. The number of fused-ring (bicyclic) bond motifs is 10. The number of hydrogen-bond acceptors (Lipinski definition) is 6. The van der Waals surface area contributed by atoms with E-state index < -0.39 is 0 Å². The summed E-state index contributed by atoms with van der Waals surface area (Å²) in [6.45, 7) is 4.29. The van der Waals surface area contributed by atoms with Gasteiger partial charge in [-0.25, -0.2) is 0 Å². The smallest absolute Gasteiger partial charge is 0.0465 e. The van der Waals surface area contributed by atoms with Gasteiger partial charge in [0, 0.05) is 113 Å². The van der Waals surface area contributed by atoms with Crippen LogP contribution in [0.4, 0.5) is 102 Å². The fourth-order valence-corrected chi connectivity index (χ4v) is 23.5. The topological polar surface area (TPSA) is 19.4 Å². The van der Waals surface area contributed by atoms with Crippen LogP contribution >= 0.6 is 0 Å². The van der Waals surface area contributed by atoms with Gasteiger partial charge in [-0.2, -0.15) is 0 Å². The number of para-hydroxylation sites is 4. The molecule has 4 aliphatic rings. The van der Waals surface area contributed by atoms with Crippen LogP contribution in [0.2, 0.25) is 0 Å². The average Bonchev–Trinajstić information content (AvgIpc) is 1.55. The van der Waals surface area contributed by atoms with Gasteiger partial charge in [-0.05, 0) is 375 Å². The molecule has 0 N–H and O–H groups in total. The van der Waals surface area contributed by atoms with E-state index in [9.17, 15) is 0 Å². The highest BCUT2D eigenvalue weighted by atomic mass is 15.2. The average molecular weight is 1850 g/mol. The highest BCUT2D eigenvalue weighted by molar-refractivity contribution is 5.93. The Kier molecular flexibility index (Phi) is 23.1. The first-order valence-corrected chi connectivity index (χ1v) is 50.9. The first-order valence-electron chi connectivity index (χ1n) is 50.9. The molecule has 0 radical (unpaired) electrons. The lowest BCUT2D eigenvalue weighted by molar-refractivity contribution is 0.550. The van der Waals surface area contributed by atoms with E-state index in [1.165, 1.54) is 144 Å². The monoisotopic (exact) mass is 1850 g/mol. The molecule has 21 aromatic carbocycles. The molecule has 2 spiro atoms. The van der Waals surface area contributed by atoms with Crippen LogP contribution in [0.3, 0.4) is 0 Å². The van der Waals surface area contributed by atoms with Crippen molar-refractivity contribution in [1.82, 2.24) is 0 Å². The molecule has 6 heteroatoms. The number of aryl methyl sites for hydroxylation is 2. The van der Waals surface area contributed by atoms with Crippen molar-refractivity contribution in [2.24, 2.45) is 0 Å². The normalized spacial score (nSPS) is 13.2. The Balaban J connectivity index is 0.489. The van der Waals surface area contributed by atoms with Gasteiger partial charge in [0.05, 0.1) is 0 Å². The van der Waals surface area contributed by atoms with E-state index in [1.807, 2.05) is 0 Å². The van der Waals surface area contributed by atoms with E-state index in [4.69, 9.17) is 0 Å². The molecule has 4 aliphatic carbocycles. The molecule has 0 saturated heterocycles. The van der Waals surface area contributed by atoms with Crippen molar-refractivity contribution < 1.29 is 0 Å². The molecule has 0 atom stereocenters. The Morgan fingerprint density at radius 1 is 0.132 bits per heavy atom. The van der Waals surface area contributed by atoms with Crippen molar-refractivity contribution in [2.45, 2.75) is 76.0 Å². The van der Waals surface area contributed by atoms with Crippen LogP contribution < -0.4 is 29.4 Å². The van der Waals surface area contributed by atoms with Crippen molar-refractivity contribution >= 4 is 102 Å². The Bertz CT molecular complexity index is 8060. The molecule has 25 rings (SSSR count). The fraction of sp³-hybridized carbons (Fsp3) is 0.0870. The summed E-state index contributed by atoms with van der Waals surface area (Å²) in [5, 5.41) is 0. The molecule has 0 aliphatic heterocycles. The second-order valence-corrected chi connectivity index (χ2v) is 39.2. The van der Waals surface area contributed by atoms with E-state index in [2.05, 4.69) is 565 Å². The summed E-state index contributed by atoms with van der Waals surface area (Å²) in [6, 6.07) is 193. The molecule has 2 saturated carbocycles. The summed E-state index contributed by atoms with van der Waals surface area (Å²) in [5.74, 6) is 0. The molecule has 0 bridgehead atoms. The number of rotatable bonds is 24. The molecule has 144 heavy (non-hydrogen) atoms. The van der Waals surface area contributed by atoms with Crippen LogP contribution in [0, 0.1) is 13.8 Å². The molecular weight excluding hydrogens is 1740 g/mol. The van der Waals surface area contributed by atoms with Gasteiger partial charge in [0.15, 0.2) is 0 Å². The zero-order chi connectivity index (χ0) is 96.0. The van der Waals surface area contributed by atoms with Crippen molar-refractivity contribution in [3.63, 3.8) is 0 Å². The summed E-state index contributed by atoms with van der Waals surface area (Å²) in [6.07, 6.45) is 9.37. The summed E-state index contributed by atoms with van der Waals surface area (Å²) >= 11 is 0. The lowest BCUT2D eigenvalue weighted by atomic mass is 9.76. The first kappa shape index (κ1) is 87.9. The predicted octanol–water partition coefficient (Wildman–Crippen LogP) is 38.8. The minimum Gasteiger partial charge on any atom is -0.311 e. The van der Waals surface area contributed by atoms with Gasteiger partial charge in [-0.1, -0.05) is 334 Å². The second kappa shape index (κ2) is 37.9. The van der Waals surface area contributed by atoms with Gasteiger partial charge in [-0.3, -0.25) is 0 Å². The third kappa shape index (κ3) is 16.5. The predicted molar refractivity (Wildman–Crippen MR) is 606 cm³/mol. The van der Waals surface area contributed by atoms with Crippen molar-refractivity contribution in [3.05, 3.63) is 555 Å². The van der Waals surface area contributed by atoms with E-state index in [-0.39, 0.29) is 10.8 Å². The largest absolute Gasteiger partial charge is 0.311 e. The third-order valence-electron chi connectivity index (χ3n) is 30.7. The second-order valence-electron chi connectivity index (χ2n) is 39.2. The van der Waals surface area contributed by atoms with Crippen molar-refractivity contribution in [1.29, 1.82) is 0 Å². The Morgan fingerprint density at radius 3 is 0.576 bits per heavy atom. The maximum absolute atomic E-state index is 2.56. The van der Waals surface area contributed by atoms with Crippen LogP contribution in [0.1, 0.15) is 84.7 Å². The molecule has 6 nitrogen and oxygen atoms in total. The lowest BCUT2D eigenvalue weighted by Crippen LogP contribution is -2.21. The van der Waals surface area contributed by atoms with Gasteiger partial charge in [0.1, 0.15) is 0 Å². The minimum absolute atomic E-state index is 0.0191. The molecule has 0 heterocycles. The quantitative estimate of drug-likeness (QED) is 0.0596. The zero-order valence-electron chi connectivity index (χ0n) is 81.0. The third-order valence-corrected chi connectivity index (χ3v) is 30.7. The molecular formula is C138H108N6. The maximum atomic E-state index is 2.56. The Hall–Kier alpha value is -17.6. The molecule has 0 unspecified atom stereocenters. The van der Waals surface area contributed by atoms with E-state index in [1.54, 1.807) is 0 Å². The van der Waals surface area contributed by atoms with E-state index >= 15 is 0 Å². The number of nitrogens with zero attached hydrogens (tertiary/aromatic N) is 6. The molecule has 21 aromatic rings. The van der Waals surface area contributed by atoms with E-state index in [0.717, 1.165) is 132 Å².